The van der Waals surface area contributed by atoms with Gasteiger partial charge in [0.05, 0.1) is 0 Å². The molecule has 0 bridgehead atoms. The van der Waals surface area contributed by atoms with E-state index in [1.807, 2.05) is 0 Å². The molecule has 5 nitrogen and oxygen atoms in total. The molecule has 1 aromatic rings. The Kier molecular flexibility index (Phi) is 16.7. The van der Waals surface area contributed by atoms with Crippen molar-refractivity contribution in [3.8, 4) is 0 Å². The number of halogens is 3. The van der Waals surface area contributed by atoms with E-state index in [-0.39, 0.29) is 43.1 Å². The van der Waals surface area contributed by atoms with Crippen LogP contribution in [0.3, 0.4) is 0 Å². The van der Waals surface area contributed by atoms with Gasteiger partial charge in [-0.15, -0.1) is 37.2 Å². The van der Waals surface area contributed by atoms with Crippen molar-refractivity contribution in [1.29, 1.82) is 0 Å². The van der Waals surface area contributed by atoms with Gasteiger partial charge < -0.3 is 11.1 Å². The fourth-order valence-electron chi connectivity index (χ4n) is 2.72. The lowest BCUT2D eigenvalue weighted by Gasteiger charge is -2.34. The van der Waals surface area contributed by atoms with E-state index in [1.54, 1.807) is 0 Å². The molecular weight excluding hydrogens is 383 g/mol. The van der Waals surface area contributed by atoms with Crippen molar-refractivity contribution < 1.29 is 4.79 Å². The Hall–Kier alpha value is -0.560. The second-order valence-corrected chi connectivity index (χ2v) is 5.85. The molecule has 0 spiro atoms. The molecule has 1 aliphatic rings. The Bertz CT molecular complexity index is 443. The van der Waals surface area contributed by atoms with Crippen molar-refractivity contribution in [1.82, 2.24) is 15.1 Å². The van der Waals surface area contributed by atoms with E-state index < -0.39 is 0 Å². The summed E-state index contributed by atoms with van der Waals surface area (Å²) in [5.41, 5.74) is 6.78. The van der Waals surface area contributed by atoms with Crippen molar-refractivity contribution in [2.24, 2.45) is 5.73 Å². The highest BCUT2D eigenvalue weighted by Gasteiger charge is 2.16. The highest BCUT2D eigenvalue weighted by Crippen LogP contribution is 2.07. The Morgan fingerprint density at radius 2 is 1.60 bits per heavy atom. The lowest BCUT2D eigenvalue weighted by Crippen LogP contribution is -2.48. The number of nitrogens with two attached hydrogens (primary N) is 1. The molecule has 0 aromatic heterocycles. The van der Waals surface area contributed by atoms with E-state index in [2.05, 4.69) is 45.4 Å². The number of carbonyl (C=O) groups excluding carboxylic acids is 1. The summed E-state index contributed by atoms with van der Waals surface area (Å²) in [6.45, 7) is 7.62. The Labute approximate surface area is 169 Å². The molecule has 1 aliphatic heterocycles. The highest BCUT2D eigenvalue weighted by atomic mass is 35.5. The quantitative estimate of drug-likeness (QED) is 0.683. The molecule has 1 fully saturated rings. The van der Waals surface area contributed by atoms with Gasteiger partial charge in [-0.25, -0.2) is 0 Å². The fourth-order valence-corrected chi connectivity index (χ4v) is 2.72. The number of benzene rings is 1. The van der Waals surface area contributed by atoms with E-state index in [1.165, 1.54) is 5.56 Å². The van der Waals surface area contributed by atoms with Crippen LogP contribution < -0.4 is 11.1 Å². The van der Waals surface area contributed by atoms with Gasteiger partial charge in [0.15, 0.2) is 0 Å². The van der Waals surface area contributed by atoms with Gasteiger partial charge in [0.25, 0.3) is 0 Å². The fraction of sp³-hybridized carbons (Fsp3) is 0.588. The summed E-state index contributed by atoms with van der Waals surface area (Å²) in [7, 11) is 0. The van der Waals surface area contributed by atoms with Crippen LogP contribution in [0.1, 0.15) is 18.4 Å². The molecule has 1 amide bonds. The van der Waals surface area contributed by atoms with Gasteiger partial charge in [0, 0.05) is 52.2 Å². The van der Waals surface area contributed by atoms with Gasteiger partial charge in [0.2, 0.25) is 5.91 Å². The van der Waals surface area contributed by atoms with Crippen molar-refractivity contribution in [2.75, 3.05) is 45.8 Å². The smallest absolute Gasteiger partial charge is 0.220 e. The van der Waals surface area contributed by atoms with E-state index in [0.717, 1.165) is 52.2 Å². The van der Waals surface area contributed by atoms with E-state index >= 15 is 0 Å². The number of rotatable bonds is 8. The molecule has 0 radical (unpaired) electrons. The topological polar surface area (TPSA) is 61.6 Å². The SMILES string of the molecule is Cl.Cl.Cl.NCCCC(=O)NCCN1CCN(Cc2ccccc2)CC1. The van der Waals surface area contributed by atoms with Crippen molar-refractivity contribution in [2.45, 2.75) is 19.4 Å². The Balaban J connectivity index is 0. The molecule has 1 aromatic carbocycles. The van der Waals surface area contributed by atoms with Gasteiger partial charge in [-0.3, -0.25) is 14.6 Å². The molecule has 25 heavy (non-hydrogen) atoms. The zero-order chi connectivity index (χ0) is 15.6. The van der Waals surface area contributed by atoms with Gasteiger partial charge in [0.1, 0.15) is 0 Å². The largest absolute Gasteiger partial charge is 0.355 e. The predicted octanol–water partition coefficient (Wildman–Crippen LogP) is 1.92. The normalized spacial score (nSPS) is 14.6. The average molecular weight is 414 g/mol. The second-order valence-electron chi connectivity index (χ2n) is 5.85. The number of nitrogens with one attached hydrogen (secondary N) is 1. The molecular formula is C17H31Cl3N4O. The van der Waals surface area contributed by atoms with Crippen LogP contribution in [-0.4, -0.2) is 61.5 Å². The molecule has 0 atom stereocenters. The van der Waals surface area contributed by atoms with Crippen LogP contribution >= 0.6 is 37.2 Å². The van der Waals surface area contributed by atoms with Crippen LogP contribution in [0.25, 0.3) is 0 Å². The molecule has 3 N–H and O–H groups in total. The number of hydrogen-bond acceptors (Lipinski definition) is 4. The van der Waals surface area contributed by atoms with Gasteiger partial charge in [-0.1, -0.05) is 30.3 Å². The first-order chi connectivity index (χ1) is 10.8. The molecule has 146 valence electrons. The van der Waals surface area contributed by atoms with E-state index in [0.29, 0.717) is 13.0 Å². The third kappa shape index (κ3) is 10.9. The maximum absolute atomic E-state index is 11.5. The average Bonchev–Trinajstić information content (AvgIpc) is 2.55. The van der Waals surface area contributed by atoms with Crippen LogP contribution in [0, 0.1) is 0 Å². The van der Waals surface area contributed by atoms with E-state index in [9.17, 15) is 4.79 Å². The first-order valence-electron chi connectivity index (χ1n) is 8.23. The zero-order valence-corrected chi connectivity index (χ0v) is 17.0. The molecule has 1 heterocycles. The van der Waals surface area contributed by atoms with Crippen molar-refractivity contribution >= 4 is 43.1 Å². The van der Waals surface area contributed by atoms with E-state index in [4.69, 9.17) is 5.73 Å². The standard InChI is InChI=1S/C17H28N4O.3ClH/c18-8-4-7-17(22)19-9-10-20-11-13-21(14-12-20)15-16-5-2-1-3-6-16;;;/h1-3,5-6H,4,7-15,18H2,(H,19,22);3*1H. The maximum atomic E-state index is 11.5. The predicted molar refractivity (Wildman–Crippen MR) is 111 cm³/mol. The molecule has 0 aliphatic carbocycles. The van der Waals surface area contributed by atoms with Gasteiger partial charge >= 0.3 is 0 Å². The van der Waals surface area contributed by atoms with Crippen molar-refractivity contribution in [3.05, 3.63) is 35.9 Å². The number of piperazine rings is 1. The number of amides is 1. The van der Waals surface area contributed by atoms with Crippen LogP contribution in [-0.2, 0) is 11.3 Å². The number of nitrogens with zero attached hydrogens (tertiary/aromatic N) is 2. The van der Waals surface area contributed by atoms with Gasteiger partial charge in [-0.2, -0.15) is 0 Å². The third-order valence-electron chi connectivity index (χ3n) is 4.07. The molecule has 8 heteroatoms. The monoisotopic (exact) mass is 412 g/mol. The number of hydrogen-bond donors (Lipinski definition) is 2. The minimum atomic E-state index is 0. The Morgan fingerprint density at radius 3 is 2.20 bits per heavy atom. The molecule has 0 unspecified atom stereocenters. The van der Waals surface area contributed by atoms with Crippen LogP contribution in [0.5, 0.6) is 0 Å². The first kappa shape index (κ1) is 26.7. The number of carbonyl (C=O) groups is 1. The minimum absolute atomic E-state index is 0. The lowest BCUT2D eigenvalue weighted by molar-refractivity contribution is -0.121. The summed E-state index contributed by atoms with van der Waals surface area (Å²) < 4.78 is 0. The first-order valence-corrected chi connectivity index (χ1v) is 8.23. The maximum Gasteiger partial charge on any atom is 0.220 e. The Morgan fingerprint density at radius 1 is 1.00 bits per heavy atom. The zero-order valence-electron chi connectivity index (χ0n) is 14.6. The van der Waals surface area contributed by atoms with Crippen LogP contribution in [0.4, 0.5) is 0 Å². The second kappa shape index (κ2) is 15.7. The molecule has 0 saturated carbocycles. The summed E-state index contributed by atoms with van der Waals surface area (Å²) in [6, 6.07) is 10.6. The van der Waals surface area contributed by atoms with Crippen LogP contribution in [0.15, 0.2) is 30.3 Å². The lowest BCUT2D eigenvalue weighted by atomic mass is 10.2. The molecule has 1 saturated heterocycles. The summed E-state index contributed by atoms with van der Waals surface area (Å²) in [5.74, 6) is 0.119. The van der Waals surface area contributed by atoms with Crippen LogP contribution in [0.2, 0.25) is 0 Å². The third-order valence-corrected chi connectivity index (χ3v) is 4.07. The molecule has 2 rings (SSSR count). The van der Waals surface area contributed by atoms with Gasteiger partial charge in [-0.05, 0) is 18.5 Å². The summed E-state index contributed by atoms with van der Waals surface area (Å²) in [6.07, 6.45) is 1.31. The summed E-state index contributed by atoms with van der Waals surface area (Å²) in [4.78, 5) is 16.4. The summed E-state index contributed by atoms with van der Waals surface area (Å²) in [5, 5.41) is 2.97. The minimum Gasteiger partial charge on any atom is -0.355 e. The van der Waals surface area contributed by atoms with Crippen molar-refractivity contribution in [3.63, 3.8) is 0 Å². The highest BCUT2D eigenvalue weighted by molar-refractivity contribution is 5.86. The summed E-state index contributed by atoms with van der Waals surface area (Å²) >= 11 is 0.